The minimum absolute atomic E-state index is 0.113. The van der Waals surface area contributed by atoms with E-state index in [0.29, 0.717) is 22.6 Å². The number of carbonyl (C=O) groups excluding carboxylic acids is 1. The molecule has 2 aromatic heterocycles. The number of rotatable bonds is 7. The van der Waals surface area contributed by atoms with Gasteiger partial charge in [-0.05, 0) is 18.2 Å². The van der Waals surface area contributed by atoms with Gasteiger partial charge in [-0.3, -0.25) is 4.79 Å². The van der Waals surface area contributed by atoms with Gasteiger partial charge in [-0.1, -0.05) is 48.2 Å². The first-order valence-electron chi connectivity index (χ1n) is 7.93. The van der Waals surface area contributed by atoms with Crippen LogP contribution in [0.5, 0.6) is 0 Å². The van der Waals surface area contributed by atoms with E-state index in [1.807, 2.05) is 38.1 Å². The van der Waals surface area contributed by atoms with E-state index in [2.05, 4.69) is 31.0 Å². The molecule has 1 aromatic carbocycles. The maximum absolute atomic E-state index is 11.1. The van der Waals surface area contributed by atoms with Gasteiger partial charge in [-0.25, -0.2) is 0 Å². The van der Waals surface area contributed by atoms with Gasteiger partial charge in [0.1, 0.15) is 0 Å². The summed E-state index contributed by atoms with van der Waals surface area (Å²) in [6, 6.07) is 7.41. The summed E-state index contributed by atoms with van der Waals surface area (Å²) in [5.41, 5.74) is 1.54. The summed E-state index contributed by atoms with van der Waals surface area (Å²) in [5, 5.41) is 18.8. The van der Waals surface area contributed by atoms with Gasteiger partial charge in [0.05, 0.1) is 5.75 Å². The van der Waals surface area contributed by atoms with E-state index in [-0.39, 0.29) is 11.8 Å². The molecule has 0 radical (unpaired) electrons. The Hall–Kier alpha value is -2.46. The SMILES string of the molecule is CC(=O)Nc1cccc(Nc2nnc(SCc3nc(C(C)C)no3)s2)c1. The van der Waals surface area contributed by atoms with Crippen molar-refractivity contribution in [2.24, 2.45) is 0 Å². The maximum Gasteiger partial charge on any atom is 0.237 e. The molecule has 0 saturated carbocycles. The Labute approximate surface area is 158 Å². The third-order valence-corrected chi connectivity index (χ3v) is 5.12. The Morgan fingerprint density at radius 1 is 1.31 bits per heavy atom. The highest BCUT2D eigenvalue weighted by molar-refractivity contribution is 8.00. The molecule has 0 atom stereocenters. The van der Waals surface area contributed by atoms with E-state index in [1.54, 1.807) is 0 Å². The number of carbonyl (C=O) groups is 1. The Balaban J connectivity index is 1.58. The molecule has 2 heterocycles. The second-order valence-electron chi connectivity index (χ2n) is 5.75. The molecule has 0 spiro atoms. The van der Waals surface area contributed by atoms with Gasteiger partial charge in [-0.15, -0.1) is 10.2 Å². The van der Waals surface area contributed by atoms with Crippen molar-refractivity contribution in [1.82, 2.24) is 20.3 Å². The summed E-state index contributed by atoms with van der Waals surface area (Å²) < 4.78 is 6.02. The van der Waals surface area contributed by atoms with Gasteiger partial charge in [-0.2, -0.15) is 4.98 Å². The number of nitrogens with zero attached hydrogens (tertiary/aromatic N) is 4. The second-order valence-corrected chi connectivity index (χ2v) is 7.95. The summed E-state index contributed by atoms with van der Waals surface area (Å²) in [6.45, 7) is 5.51. The van der Waals surface area contributed by atoms with Gasteiger partial charge >= 0.3 is 0 Å². The molecule has 8 nitrogen and oxygen atoms in total. The predicted molar refractivity (Wildman–Crippen MR) is 102 cm³/mol. The lowest BCUT2D eigenvalue weighted by Crippen LogP contribution is -2.05. The van der Waals surface area contributed by atoms with Gasteiger partial charge < -0.3 is 15.2 Å². The second kappa shape index (κ2) is 8.28. The van der Waals surface area contributed by atoms with Crippen molar-refractivity contribution < 1.29 is 9.32 Å². The summed E-state index contributed by atoms with van der Waals surface area (Å²) in [4.78, 5) is 15.5. The number of anilines is 3. The van der Waals surface area contributed by atoms with Crippen LogP contribution in [-0.4, -0.2) is 26.2 Å². The molecule has 0 aliphatic heterocycles. The van der Waals surface area contributed by atoms with Crippen LogP contribution in [-0.2, 0) is 10.5 Å². The molecular weight excluding hydrogens is 372 g/mol. The van der Waals surface area contributed by atoms with Crippen LogP contribution in [0.2, 0.25) is 0 Å². The minimum atomic E-state index is -0.113. The van der Waals surface area contributed by atoms with Crippen molar-refractivity contribution in [3.8, 4) is 0 Å². The molecule has 2 N–H and O–H groups in total. The Bertz CT molecular complexity index is 892. The lowest BCUT2D eigenvalue weighted by molar-refractivity contribution is -0.114. The number of amides is 1. The molecule has 0 aliphatic carbocycles. The number of aromatic nitrogens is 4. The number of hydrogen-bond acceptors (Lipinski definition) is 9. The predicted octanol–water partition coefficient (Wildman–Crippen LogP) is 4.04. The van der Waals surface area contributed by atoms with Crippen LogP contribution < -0.4 is 10.6 Å². The molecule has 0 fully saturated rings. The molecule has 0 saturated heterocycles. The van der Waals surface area contributed by atoms with Crippen LogP contribution in [0.15, 0.2) is 33.1 Å². The van der Waals surface area contributed by atoms with Crippen LogP contribution in [0.1, 0.15) is 38.4 Å². The van der Waals surface area contributed by atoms with Crippen LogP contribution in [0, 0.1) is 0 Å². The fourth-order valence-corrected chi connectivity index (χ4v) is 3.61. The maximum atomic E-state index is 11.1. The van der Waals surface area contributed by atoms with Gasteiger partial charge in [0.2, 0.25) is 16.9 Å². The normalized spacial score (nSPS) is 10.9. The first-order valence-corrected chi connectivity index (χ1v) is 9.73. The summed E-state index contributed by atoms with van der Waals surface area (Å²) in [7, 11) is 0. The Kier molecular flexibility index (Phi) is 5.84. The van der Waals surface area contributed by atoms with Crippen molar-refractivity contribution in [1.29, 1.82) is 0 Å². The summed E-state index contributed by atoms with van der Waals surface area (Å²) in [6.07, 6.45) is 0. The quantitative estimate of drug-likeness (QED) is 0.582. The van der Waals surface area contributed by atoms with Crippen LogP contribution in [0.3, 0.4) is 0 Å². The molecule has 0 aliphatic rings. The molecule has 10 heteroatoms. The van der Waals surface area contributed by atoms with Gasteiger partial charge in [0.25, 0.3) is 0 Å². The molecule has 0 unspecified atom stereocenters. The van der Waals surface area contributed by atoms with E-state index >= 15 is 0 Å². The lowest BCUT2D eigenvalue weighted by Gasteiger charge is -2.05. The Morgan fingerprint density at radius 3 is 2.85 bits per heavy atom. The number of hydrogen-bond donors (Lipinski definition) is 2. The highest BCUT2D eigenvalue weighted by atomic mass is 32.2. The molecule has 136 valence electrons. The van der Waals surface area contributed by atoms with Gasteiger partial charge in [0, 0.05) is 24.2 Å². The van der Waals surface area contributed by atoms with Crippen LogP contribution in [0.25, 0.3) is 0 Å². The fourth-order valence-electron chi connectivity index (χ4n) is 2.00. The standard InChI is InChI=1S/C16H18N6O2S2/c1-9(2)14-19-13(24-22-14)8-25-16-21-20-15(26-16)18-12-6-4-5-11(7-12)17-10(3)23/h4-7,9H,8H2,1-3H3,(H,17,23)(H,18,20). The van der Waals surface area contributed by atoms with E-state index in [1.165, 1.54) is 30.0 Å². The third-order valence-electron chi connectivity index (χ3n) is 3.16. The monoisotopic (exact) mass is 390 g/mol. The minimum Gasteiger partial charge on any atom is -0.338 e. The van der Waals surface area contributed by atoms with E-state index < -0.39 is 0 Å². The smallest absolute Gasteiger partial charge is 0.237 e. The number of benzene rings is 1. The molecule has 1 amide bonds. The molecule has 26 heavy (non-hydrogen) atoms. The lowest BCUT2D eigenvalue weighted by atomic mass is 10.2. The summed E-state index contributed by atoms with van der Waals surface area (Å²) >= 11 is 2.93. The zero-order valence-corrected chi connectivity index (χ0v) is 16.1. The average molecular weight is 390 g/mol. The topological polar surface area (TPSA) is 106 Å². The van der Waals surface area contributed by atoms with Crippen LogP contribution in [0.4, 0.5) is 16.5 Å². The first kappa shape index (κ1) is 18.3. The van der Waals surface area contributed by atoms with Crippen molar-refractivity contribution >= 4 is 45.5 Å². The third kappa shape index (κ3) is 5.02. The number of thioether (sulfide) groups is 1. The van der Waals surface area contributed by atoms with Gasteiger partial charge in [0.15, 0.2) is 10.2 Å². The van der Waals surface area contributed by atoms with Crippen molar-refractivity contribution in [2.75, 3.05) is 10.6 Å². The fraction of sp³-hybridized carbons (Fsp3) is 0.312. The highest BCUT2D eigenvalue weighted by Crippen LogP contribution is 2.30. The molecule has 3 aromatic rings. The largest absolute Gasteiger partial charge is 0.338 e. The zero-order valence-electron chi connectivity index (χ0n) is 14.5. The van der Waals surface area contributed by atoms with Crippen molar-refractivity contribution in [3.63, 3.8) is 0 Å². The van der Waals surface area contributed by atoms with Crippen LogP contribution >= 0.6 is 23.1 Å². The van der Waals surface area contributed by atoms with Crippen molar-refractivity contribution in [3.05, 3.63) is 36.0 Å². The van der Waals surface area contributed by atoms with Crippen molar-refractivity contribution in [2.45, 2.75) is 36.8 Å². The molecule has 3 rings (SSSR count). The molecular formula is C16H18N6O2S2. The molecule has 0 bridgehead atoms. The van der Waals surface area contributed by atoms with E-state index in [0.717, 1.165) is 15.7 Å². The van der Waals surface area contributed by atoms with E-state index in [4.69, 9.17) is 4.52 Å². The number of nitrogens with one attached hydrogen (secondary N) is 2. The highest BCUT2D eigenvalue weighted by Gasteiger charge is 2.12. The summed E-state index contributed by atoms with van der Waals surface area (Å²) in [5.74, 6) is 1.96. The first-order chi connectivity index (χ1) is 12.5. The average Bonchev–Trinajstić information content (AvgIpc) is 3.22. The van der Waals surface area contributed by atoms with E-state index in [9.17, 15) is 4.79 Å². The zero-order chi connectivity index (χ0) is 18.5. The Morgan fingerprint density at radius 2 is 2.12 bits per heavy atom.